The van der Waals surface area contributed by atoms with Crippen molar-refractivity contribution in [2.24, 2.45) is 0 Å². The Labute approximate surface area is 106 Å². The van der Waals surface area contributed by atoms with Gasteiger partial charge in [-0.3, -0.25) is 0 Å². The first-order valence-electron chi connectivity index (χ1n) is 5.54. The molecular formula is C12H19N3OS. The van der Waals surface area contributed by atoms with Crippen LogP contribution in [-0.2, 0) is 0 Å². The minimum absolute atomic E-state index is 0.177. The second-order valence-electron chi connectivity index (χ2n) is 3.90. The van der Waals surface area contributed by atoms with Crippen molar-refractivity contribution in [2.75, 3.05) is 23.1 Å². The Kier molecular flexibility index (Phi) is 5.69. The van der Waals surface area contributed by atoms with E-state index in [1.165, 1.54) is 0 Å². The van der Waals surface area contributed by atoms with Crippen LogP contribution in [0, 0.1) is 0 Å². The first-order chi connectivity index (χ1) is 8.11. The number of nitrogen functional groups attached to an aromatic ring is 1. The summed E-state index contributed by atoms with van der Waals surface area (Å²) in [7, 11) is 0. The van der Waals surface area contributed by atoms with Crippen molar-refractivity contribution in [1.82, 2.24) is 5.32 Å². The molecule has 0 saturated carbocycles. The molecule has 0 aromatic heterocycles. The third-order valence-corrected chi connectivity index (χ3v) is 2.94. The van der Waals surface area contributed by atoms with Crippen LogP contribution >= 0.6 is 11.8 Å². The number of hydrogen-bond acceptors (Lipinski definition) is 3. The van der Waals surface area contributed by atoms with Crippen molar-refractivity contribution in [3.05, 3.63) is 24.3 Å². The second-order valence-corrected chi connectivity index (χ2v) is 4.89. The number of hydrogen-bond donors (Lipinski definition) is 3. The lowest BCUT2D eigenvalue weighted by Gasteiger charge is -2.14. The molecule has 1 aromatic rings. The fraction of sp³-hybridized carbons (Fsp3) is 0.417. The fourth-order valence-electron chi connectivity index (χ4n) is 1.32. The molecule has 17 heavy (non-hydrogen) atoms. The maximum absolute atomic E-state index is 11.6. The predicted octanol–water partition coefficient (Wildman–Crippen LogP) is 2.53. The number of anilines is 2. The largest absolute Gasteiger partial charge is 0.399 e. The van der Waals surface area contributed by atoms with Gasteiger partial charge in [0.05, 0.1) is 0 Å². The molecule has 0 aliphatic heterocycles. The van der Waals surface area contributed by atoms with Gasteiger partial charge in [-0.2, -0.15) is 11.8 Å². The van der Waals surface area contributed by atoms with Crippen molar-refractivity contribution in [3.63, 3.8) is 0 Å². The Hall–Kier alpha value is -1.36. The highest BCUT2D eigenvalue weighted by atomic mass is 32.2. The van der Waals surface area contributed by atoms with Crippen LogP contribution in [0.2, 0.25) is 0 Å². The first kappa shape index (κ1) is 13.7. The second kappa shape index (κ2) is 7.06. The highest BCUT2D eigenvalue weighted by Crippen LogP contribution is 2.10. The van der Waals surface area contributed by atoms with Crippen molar-refractivity contribution in [3.8, 4) is 0 Å². The number of nitrogens with one attached hydrogen (secondary N) is 2. The van der Waals surface area contributed by atoms with E-state index in [0.717, 1.165) is 17.9 Å². The standard InChI is InChI=1S/C12H19N3OS/c1-9(7-8-17-2)14-12(16)15-11-5-3-10(13)4-6-11/h3-6,9H,7-8,13H2,1-2H3,(H2,14,15,16). The van der Waals surface area contributed by atoms with Crippen LogP contribution in [0.4, 0.5) is 16.2 Å². The monoisotopic (exact) mass is 253 g/mol. The maximum Gasteiger partial charge on any atom is 0.319 e. The average Bonchev–Trinajstić information content (AvgIpc) is 2.29. The Bertz CT molecular complexity index is 353. The molecule has 0 radical (unpaired) electrons. The molecule has 0 spiro atoms. The summed E-state index contributed by atoms with van der Waals surface area (Å²) >= 11 is 1.78. The van der Waals surface area contributed by atoms with Crippen LogP contribution in [0.15, 0.2) is 24.3 Å². The predicted molar refractivity (Wildman–Crippen MR) is 75.5 cm³/mol. The zero-order valence-electron chi connectivity index (χ0n) is 10.2. The maximum atomic E-state index is 11.6. The summed E-state index contributed by atoms with van der Waals surface area (Å²) in [5.74, 6) is 1.04. The molecule has 0 heterocycles. The normalized spacial score (nSPS) is 11.9. The third-order valence-electron chi connectivity index (χ3n) is 2.30. The molecule has 94 valence electrons. The summed E-state index contributed by atoms with van der Waals surface area (Å²) in [6.07, 6.45) is 3.03. The summed E-state index contributed by atoms with van der Waals surface area (Å²) in [6, 6.07) is 7.07. The highest BCUT2D eigenvalue weighted by Gasteiger charge is 2.06. The molecule has 4 nitrogen and oxygen atoms in total. The van der Waals surface area contributed by atoms with Gasteiger partial charge in [0, 0.05) is 17.4 Å². The fourth-order valence-corrected chi connectivity index (χ4v) is 1.91. The molecule has 0 fully saturated rings. The summed E-state index contributed by atoms with van der Waals surface area (Å²) in [6.45, 7) is 2.00. The zero-order chi connectivity index (χ0) is 12.7. The van der Waals surface area contributed by atoms with Crippen molar-refractivity contribution < 1.29 is 4.79 Å². The van der Waals surface area contributed by atoms with E-state index in [1.807, 2.05) is 6.92 Å². The third kappa shape index (κ3) is 5.49. The number of thioether (sulfide) groups is 1. The summed E-state index contributed by atoms with van der Waals surface area (Å²) in [4.78, 5) is 11.6. The van der Waals surface area contributed by atoms with Gasteiger partial charge < -0.3 is 16.4 Å². The van der Waals surface area contributed by atoms with Crippen LogP contribution < -0.4 is 16.4 Å². The summed E-state index contributed by atoms with van der Waals surface area (Å²) < 4.78 is 0. The molecule has 2 amide bonds. The van der Waals surface area contributed by atoms with Gasteiger partial charge in [-0.05, 0) is 49.6 Å². The van der Waals surface area contributed by atoms with Gasteiger partial charge >= 0.3 is 6.03 Å². The van der Waals surface area contributed by atoms with Gasteiger partial charge in [0.2, 0.25) is 0 Å². The van der Waals surface area contributed by atoms with Crippen LogP contribution in [-0.4, -0.2) is 24.1 Å². The number of carbonyl (C=O) groups is 1. The van der Waals surface area contributed by atoms with Crippen molar-refractivity contribution in [1.29, 1.82) is 0 Å². The smallest absolute Gasteiger partial charge is 0.319 e. The molecule has 4 N–H and O–H groups in total. The minimum Gasteiger partial charge on any atom is -0.399 e. The number of nitrogens with two attached hydrogens (primary N) is 1. The van der Waals surface area contributed by atoms with E-state index < -0.39 is 0 Å². The zero-order valence-corrected chi connectivity index (χ0v) is 11.0. The molecular weight excluding hydrogens is 234 g/mol. The quantitative estimate of drug-likeness (QED) is 0.706. The lowest BCUT2D eigenvalue weighted by Crippen LogP contribution is -2.36. The molecule has 1 unspecified atom stereocenters. The Morgan fingerprint density at radius 3 is 2.65 bits per heavy atom. The lowest BCUT2D eigenvalue weighted by atomic mass is 10.2. The van der Waals surface area contributed by atoms with Gasteiger partial charge in [-0.1, -0.05) is 0 Å². The number of benzene rings is 1. The van der Waals surface area contributed by atoms with E-state index >= 15 is 0 Å². The first-order valence-corrected chi connectivity index (χ1v) is 6.93. The highest BCUT2D eigenvalue weighted by molar-refractivity contribution is 7.98. The molecule has 0 bridgehead atoms. The topological polar surface area (TPSA) is 67.2 Å². The van der Waals surface area contributed by atoms with E-state index in [9.17, 15) is 4.79 Å². The van der Waals surface area contributed by atoms with Crippen molar-refractivity contribution >= 4 is 29.2 Å². The van der Waals surface area contributed by atoms with Gasteiger partial charge in [0.25, 0.3) is 0 Å². The molecule has 1 rings (SSSR count). The van der Waals surface area contributed by atoms with E-state index in [0.29, 0.717) is 5.69 Å². The molecule has 0 aliphatic rings. The van der Waals surface area contributed by atoms with E-state index in [4.69, 9.17) is 5.73 Å². The molecule has 1 atom stereocenters. The molecule has 0 saturated heterocycles. The SMILES string of the molecule is CSCCC(C)NC(=O)Nc1ccc(N)cc1. The summed E-state index contributed by atoms with van der Waals surface area (Å²) in [5, 5.41) is 5.65. The van der Waals surface area contributed by atoms with Gasteiger partial charge in [0.15, 0.2) is 0 Å². The Morgan fingerprint density at radius 2 is 2.06 bits per heavy atom. The van der Waals surface area contributed by atoms with E-state index in [1.54, 1.807) is 36.0 Å². The molecule has 1 aromatic carbocycles. The Morgan fingerprint density at radius 1 is 1.41 bits per heavy atom. The van der Waals surface area contributed by atoms with Gasteiger partial charge in [0.1, 0.15) is 0 Å². The van der Waals surface area contributed by atoms with Crippen LogP contribution in [0.5, 0.6) is 0 Å². The van der Waals surface area contributed by atoms with Crippen molar-refractivity contribution in [2.45, 2.75) is 19.4 Å². The van der Waals surface area contributed by atoms with Crippen LogP contribution in [0.25, 0.3) is 0 Å². The molecule has 5 heteroatoms. The summed E-state index contributed by atoms with van der Waals surface area (Å²) in [5.41, 5.74) is 6.99. The van der Waals surface area contributed by atoms with Crippen LogP contribution in [0.1, 0.15) is 13.3 Å². The average molecular weight is 253 g/mol. The number of carbonyl (C=O) groups excluding carboxylic acids is 1. The van der Waals surface area contributed by atoms with Gasteiger partial charge in [-0.25, -0.2) is 4.79 Å². The molecule has 0 aliphatic carbocycles. The van der Waals surface area contributed by atoms with E-state index in [2.05, 4.69) is 16.9 Å². The van der Waals surface area contributed by atoms with Gasteiger partial charge in [-0.15, -0.1) is 0 Å². The van der Waals surface area contributed by atoms with E-state index in [-0.39, 0.29) is 12.1 Å². The minimum atomic E-state index is -0.177. The number of rotatable bonds is 5. The van der Waals surface area contributed by atoms with Crippen LogP contribution in [0.3, 0.4) is 0 Å². The lowest BCUT2D eigenvalue weighted by molar-refractivity contribution is 0.249. The Balaban J connectivity index is 2.36. The number of amides is 2. The number of urea groups is 1.